The van der Waals surface area contributed by atoms with Gasteiger partial charge in [0.1, 0.15) is 6.61 Å². The zero-order chi connectivity index (χ0) is 28.0. The summed E-state index contributed by atoms with van der Waals surface area (Å²) in [6, 6.07) is 16.6. The molecule has 1 aromatic heterocycles. The molecule has 1 aliphatic heterocycles. The lowest BCUT2D eigenvalue weighted by Crippen LogP contribution is -2.41. The third kappa shape index (κ3) is 5.41. The normalized spacial score (nSPS) is 18.1. The molecule has 5 rings (SSSR count). The SMILES string of the molecule is CC(C)(C)n1cc(C=C(CNC(=O)OCC2c3ccccc3-c3ccccc32)B2OC(C)(C)C(C)(C)O2)cn1. The van der Waals surface area contributed by atoms with Gasteiger partial charge >= 0.3 is 13.2 Å². The number of carbonyl (C=O) groups is 1. The Morgan fingerprint density at radius 3 is 2.13 bits per heavy atom. The van der Waals surface area contributed by atoms with Crippen LogP contribution in [0.5, 0.6) is 0 Å². The lowest BCUT2D eigenvalue weighted by atomic mass is 9.77. The number of benzene rings is 2. The van der Waals surface area contributed by atoms with Crippen LogP contribution in [0.25, 0.3) is 17.2 Å². The molecule has 2 aromatic carbocycles. The molecule has 0 spiro atoms. The van der Waals surface area contributed by atoms with E-state index < -0.39 is 24.4 Å². The number of fused-ring (bicyclic) bond motifs is 3. The first-order valence-electron chi connectivity index (χ1n) is 13.6. The van der Waals surface area contributed by atoms with Crippen LogP contribution in [0.2, 0.25) is 0 Å². The molecule has 0 atom stereocenters. The minimum Gasteiger partial charge on any atom is -0.449 e. The average molecular weight is 527 g/mol. The van der Waals surface area contributed by atoms with Crippen LogP contribution in [0, 0.1) is 0 Å². The van der Waals surface area contributed by atoms with Gasteiger partial charge in [-0.05, 0) is 76.2 Å². The molecular weight excluding hydrogens is 489 g/mol. The van der Waals surface area contributed by atoms with Gasteiger partial charge in [0.15, 0.2) is 0 Å². The molecule has 3 aromatic rings. The van der Waals surface area contributed by atoms with E-state index in [1.807, 2.05) is 75.1 Å². The Bertz CT molecular complexity index is 1340. The summed E-state index contributed by atoms with van der Waals surface area (Å²) in [7, 11) is -0.609. The van der Waals surface area contributed by atoms with Crippen LogP contribution >= 0.6 is 0 Å². The average Bonchev–Trinajstić information content (AvgIpc) is 3.53. The van der Waals surface area contributed by atoms with E-state index in [4.69, 9.17) is 14.0 Å². The van der Waals surface area contributed by atoms with E-state index in [1.165, 1.54) is 22.3 Å². The van der Waals surface area contributed by atoms with E-state index in [-0.39, 0.29) is 24.6 Å². The molecule has 39 heavy (non-hydrogen) atoms. The number of nitrogens with zero attached hydrogens (tertiary/aromatic N) is 2. The van der Waals surface area contributed by atoms with Crippen LogP contribution in [0.4, 0.5) is 4.79 Å². The molecular formula is C31H38BN3O4. The van der Waals surface area contributed by atoms with Gasteiger partial charge in [-0.25, -0.2) is 4.79 Å². The van der Waals surface area contributed by atoms with Gasteiger partial charge in [-0.1, -0.05) is 54.6 Å². The predicted octanol–water partition coefficient (Wildman–Crippen LogP) is 6.19. The second kappa shape index (κ2) is 9.99. The van der Waals surface area contributed by atoms with Crippen LogP contribution in [0.15, 0.2) is 66.4 Å². The maximum atomic E-state index is 12.9. The number of amides is 1. The van der Waals surface area contributed by atoms with Gasteiger partial charge in [0, 0.05) is 24.2 Å². The summed E-state index contributed by atoms with van der Waals surface area (Å²) in [6.45, 7) is 14.8. The summed E-state index contributed by atoms with van der Waals surface area (Å²) < 4.78 is 20.3. The molecule has 204 valence electrons. The number of hydrogen-bond donors (Lipinski definition) is 1. The Morgan fingerprint density at radius 2 is 1.59 bits per heavy atom. The van der Waals surface area contributed by atoms with Gasteiger partial charge in [0.2, 0.25) is 0 Å². The van der Waals surface area contributed by atoms with Gasteiger partial charge in [-0.2, -0.15) is 5.10 Å². The van der Waals surface area contributed by atoms with Crippen molar-refractivity contribution in [3.05, 3.63) is 83.1 Å². The van der Waals surface area contributed by atoms with Crippen molar-refractivity contribution >= 4 is 19.3 Å². The Kier molecular flexibility index (Phi) is 6.98. The molecule has 8 heteroatoms. The van der Waals surface area contributed by atoms with Crippen LogP contribution < -0.4 is 5.32 Å². The van der Waals surface area contributed by atoms with Crippen molar-refractivity contribution in [2.45, 2.75) is 71.1 Å². The predicted molar refractivity (Wildman–Crippen MR) is 154 cm³/mol. The number of ether oxygens (including phenoxy) is 1. The van der Waals surface area contributed by atoms with Crippen molar-refractivity contribution in [2.24, 2.45) is 0 Å². The smallest absolute Gasteiger partial charge is 0.449 e. The maximum Gasteiger partial charge on any atom is 0.492 e. The zero-order valence-corrected chi connectivity index (χ0v) is 23.9. The fourth-order valence-corrected chi connectivity index (χ4v) is 5.01. The summed E-state index contributed by atoms with van der Waals surface area (Å²) in [5.41, 5.74) is 5.30. The fourth-order valence-electron chi connectivity index (χ4n) is 5.01. The van der Waals surface area contributed by atoms with Crippen molar-refractivity contribution in [2.75, 3.05) is 13.2 Å². The van der Waals surface area contributed by atoms with Gasteiger partial charge in [-0.15, -0.1) is 0 Å². The van der Waals surface area contributed by atoms with Crippen LogP contribution in [0.3, 0.4) is 0 Å². The highest BCUT2D eigenvalue weighted by atomic mass is 16.7. The molecule has 1 fully saturated rings. The number of alkyl carbamates (subject to hydrolysis) is 1. The van der Waals surface area contributed by atoms with Crippen molar-refractivity contribution in [1.29, 1.82) is 0 Å². The molecule has 0 saturated carbocycles. The van der Waals surface area contributed by atoms with Crippen LogP contribution in [0.1, 0.15) is 71.1 Å². The first-order valence-corrected chi connectivity index (χ1v) is 13.6. The van der Waals surface area contributed by atoms with Crippen molar-refractivity contribution < 1.29 is 18.8 Å². The highest BCUT2D eigenvalue weighted by molar-refractivity contribution is 6.56. The lowest BCUT2D eigenvalue weighted by Gasteiger charge is -2.32. The van der Waals surface area contributed by atoms with E-state index in [2.05, 4.69) is 55.5 Å². The highest BCUT2D eigenvalue weighted by Gasteiger charge is 2.52. The molecule has 1 saturated heterocycles. The third-order valence-electron chi connectivity index (χ3n) is 7.98. The fraction of sp³-hybridized carbons (Fsp3) is 0.419. The first-order chi connectivity index (χ1) is 18.4. The van der Waals surface area contributed by atoms with E-state index in [9.17, 15) is 4.79 Å². The quantitative estimate of drug-likeness (QED) is 0.387. The van der Waals surface area contributed by atoms with Gasteiger partial charge in [-0.3, -0.25) is 4.68 Å². The van der Waals surface area contributed by atoms with E-state index in [0.717, 1.165) is 11.0 Å². The summed E-state index contributed by atoms with van der Waals surface area (Å²) >= 11 is 0. The van der Waals surface area contributed by atoms with Crippen molar-refractivity contribution in [3.8, 4) is 11.1 Å². The molecule has 1 N–H and O–H groups in total. The Morgan fingerprint density at radius 1 is 1.03 bits per heavy atom. The van der Waals surface area contributed by atoms with Gasteiger partial charge < -0.3 is 19.4 Å². The Labute approximate surface area is 231 Å². The number of rotatable bonds is 6. The second-order valence-electron chi connectivity index (χ2n) is 12.4. The maximum absolute atomic E-state index is 12.9. The molecule has 2 aliphatic rings. The third-order valence-corrected chi connectivity index (χ3v) is 7.98. The van der Waals surface area contributed by atoms with Crippen LogP contribution in [-0.4, -0.2) is 47.3 Å². The molecule has 0 bridgehead atoms. The van der Waals surface area contributed by atoms with E-state index >= 15 is 0 Å². The Hall–Kier alpha value is -3.36. The molecule has 7 nitrogen and oxygen atoms in total. The van der Waals surface area contributed by atoms with Crippen LogP contribution in [-0.2, 0) is 19.6 Å². The lowest BCUT2D eigenvalue weighted by molar-refractivity contribution is 0.00578. The van der Waals surface area contributed by atoms with E-state index in [1.54, 1.807) is 0 Å². The summed E-state index contributed by atoms with van der Waals surface area (Å²) in [4.78, 5) is 12.9. The van der Waals surface area contributed by atoms with Crippen molar-refractivity contribution in [1.82, 2.24) is 15.1 Å². The summed E-state index contributed by atoms with van der Waals surface area (Å²) in [5.74, 6) is 0.00416. The number of carbonyl (C=O) groups excluding carboxylic acids is 1. The molecule has 1 amide bonds. The topological polar surface area (TPSA) is 74.6 Å². The van der Waals surface area contributed by atoms with Crippen molar-refractivity contribution in [3.63, 3.8) is 0 Å². The summed E-state index contributed by atoms with van der Waals surface area (Å²) in [5, 5.41) is 7.44. The molecule has 2 heterocycles. The number of nitrogens with one attached hydrogen (secondary N) is 1. The van der Waals surface area contributed by atoms with E-state index in [0.29, 0.717) is 0 Å². The second-order valence-corrected chi connectivity index (χ2v) is 12.4. The van der Waals surface area contributed by atoms with Gasteiger partial charge in [0.25, 0.3) is 0 Å². The summed E-state index contributed by atoms with van der Waals surface area (Å²) in [6.07, 6.45) is 5.29. The largest absolute Gasteiger partial charge is 0.492 e. The molecule has 1 aliphatic carbocycles. The minimum absolute atomic E-state index is 0.00416. The number of hydrogen-bond acceptors (Lipinski definition) is 5. The number of aromatic nitrogens is 2. The Balaban J connectivity index is 1.30. The monoisotopic (exact) mass is 527 g/mol. The standard InChI is InChI=1S/C31H38BN3O4/c1-29(2,3)35-19-21(17-34-35)16-22(32-38-30(4,5)31(6,7)39-32)18-33-28(36)37-20-27-25-14-10-8-12-23(25)24-13-9-11-15-26(24)27/h8-17,19,27H,18,20H2,1-7H3,(H,33,36). The minimum atomic E-state index is -0.609. The highest BCUT2D eigenvalue weighted by Crippen LogP contribution is 2.44. The van der Waals surface area contributed by atoms with Gasteiger partial charge in [0.05, 0.1) is 22.9 Å². The zero-order valence-electron chi connectivity index (χ0n) is 23.9. The molecule has 0 unspecified atom stereocenters. The molecule has 0 radical (unpaired) electrons. The first kappa shape index (κ1) is 27.2.